The van der Waals surface area contributed by atoms with Crippen LogP contribution in [-0.2, 0) is 10.2 Å². The lowest BCUT2D eigenvalue weighted by Crippen LogP contribution is -2.40. The highest BCUT2D eigenvalue weighted by atomic mass is 16.5. The van der Waals surface area contributed by atoms with Crippen LogP contribution in [0.3, 0.4) is 0 Å². The summed E-state index contributed by atoms with van der Waals surface area (Å²) in [5.74, 6) is 0.449. The Bertz CT molecular complexity index is 480. The van der Waals surface area contributed by atoms with Gasteiger partial charge in [0.2, 0.25) is 0 Å². The Morgan fingerprint density at radius 1 is 1.50 bits per heavy atom. The molecule has 0 amide bonds. The van der Waals surface area contributed by atoms with Gasteiger partial charge in [-0.1, -0.05) is 6.07 Å². The Hall–Kier alpha value is -2.02. The number of hydrogen-bond donors (Lipinski definition) is 1. The first-order valence-electron chi connectivity index (χ1n) is 4.92. The van der Waals surface area contributed by atoms with Gasteiger partial charge in [0.1, 0.15) is 5.78 Å². The van der Waals surface area contributed by atoms with Crippen molar-refractivity contribution < 1.29 is 14.6 Å². The first-order chi connectivity index (χ1) is 7.61. The fourth-order valence-corrected chi connectivity index (χ4v) is 1.94. The summed E-state index contributed by atoms with van der Waals surface area (Å²) < 4.78 is 4.98. The van der Waals surface area contributed by atoms with Crippen molar-refractivity contribution >= 4 is 5.78 Å². The Balaban J connectivity index is 2.41. The number of carbonyl (C=O) groups is 1. The van der Waals surface area contributed by atoms with Gasteiger partial charge in [-0.15, -0.1) is 0 Å². The molecule has 1 N–H and O–H groups in total. The van der Waals surface area contributed by atoms with Crippen molar-refractivity contribution in [1.29, 1.82) is 5.26 Å². The number of carbonyl (C=O) groups excluding carboxylic acids is 1. The zero-order chi connectivity index (χ0) is 11.8. The first-order valence-corrected chi connectivity index (χ1v) is 4.92. The molecular weight excluding hydrogens is 206 g/mol. The van der Waals surface area contributed by atoms with Crippen molar-refractivity contribution in [3.05, 3.63) is 23.8 Å². The van der Waals surface area contributed by atoms with Crippen LogP contribution in [0.2, 0.25) is 0 Å². The number of nitrogens with zero attached hydrogens (tertiary/aromatic N) is 1. The molecule has 1 aromatic carbocycles. The molecular formula is C12H11NO3. The van der Waals surface area contributed by atoms with Crippen LogP contribution in [0.4, 0.5) is 0 Å². The van der Waals surface area contributed by atoms with Crippen LogP contribution in [0.25, 0.3) is 0 Å². The molecule has 16 heavy (non-hydrogen) atoms. The summed E-state index contributed by atoms with van der Waals surface area (Å²) in [6, 6.07) is 6.93. The molecule has 0 aromatic heterocycles. The molecule has 4 nitrogen and oxygen atoms in total. The van der Waals surface area contributed by atoms with Gasteiger partial charge in [-0.05, 0) is 17.7 Å². The second-order valence-electron chi connectivity index (χ2n) is 3.97. The normalized spacial score (nSPS) is 17.4. The van der Waals surface area contributed by atoms with Crippen molar-refractivity contribution in [1.82, 2.24) is 0 Å². The number of rotatable bonds is 2. The van der Waals surface area contributed by atoms with Crippen molar-refractivity contribution in [3.8, 4) is 17.6 Å². The minimum Gasteiger partial charge on any atom is -0.504 e. The molecule has 1 saturated carbocycles. The van der Waals surface area contributed by atoms with Crippen molar-refractivity contribution in [2.75, 3.05) is 7.11 Å². The summed E-state index contributed by atoms with van der Waals surface area (Å²) in [6.07, 6.45) is 0.495. The molecule has 0 bridgehead atoms. The fourth-order valence-electron chi connectivity index (χ4n) is 1.94. The van der Waals surface area contributed by atoms with E-state index in [0.29, 0.717) is 5.75 Å². The van der Waals surface area contributed by atoms with Gasteiger partial charge in [-0.25, -0.2) is 0 Å². The molecule has 0 radical (unpaired) electrons. The third kappa shape index (κ3) is 1.41. The summed E-state index contributed by atoms with van der Waals surface area (Å²) in [6.45, 7) is 0. The molecule has 1 aliphatic carbocycles. The number of ether oxygens (including phenoxy) is 1. The number of phenolic OH excluding ortho intramolecular Hbond substituents is 1. The number of hydrogen-bond acceptors (Lipinski definition) is 4. The summed E-state index contributed by atoms with van der Waals surface area (Å²) >= 11 is 0. The van der Waals surface area contributed by atoms with Gasteiger partial charge in [0.15, 0.2) is 11.5 Å². The minimum atomic E-state index is -0.724. The molecule has 0 saturated heterocycles. The van der Waals surface area contributed by atoms with Crippen LogP contribution < -0.4 is 4.74 Å². The van der Waals surface area contributed by atoms with Gasteiger partial charge in [-0.2, -0.15) is 5.26 Å². The molecule has 1 fully saturated rings. The largest absolute Gasteiger partial charge is 0.504 e. The zero-order valence-electron chi connectivity index (χ0n) is 8.86. The van der Waals surface area contributed by atoms with Crippen LogP contribution in [0, 0.1) is 11.3 Å². The van der Waals surface area contributed by atoms with Gasteiger partial charge in [-0.3, -0.25) is 4.79 Å². The topological polar surface area (TPSA) is 70.3 Å². The lowest BCUT2D eigenvalue weighted by Gasteiger charge is -2.34. The van der Waals surface area contributed by atoms with Crippen LogP contribution >= 0.6 is 0 Å². The number of aromatic hydroxyl groups is 1. The van der Waals surface area contributed by atoms with Gasteiger partial charge in [0, 0.05) is 12.8 Å². The molecule has 4 heteroatoms. The number of benzene rings is 1. The third-order valence-electron chi connectivity index (χ3n) is 2.94. The average molecular weight is 217 g/mol. The van der Waals surface area contributed by atoms with Crippen LogP contribution in [-0.4, -0.2) is 18.0 Å². The van der Waals surface area contributed by atoms with Gasteiger partial charge in [0.25, 0.3) is 0 Å². The molecule has 0 spiro atoms. The van der Waals surface area contributed by atoms with E-state index in [1.807, 2.05) is 0 Å². The monoisotopic (exact) mass is 217 g/mol. The fraction of sp³-hybridized carbons (Fsp3) is 0.333. The highest BCUT2D eigenvalue weighted by Gasteiger charge is 2.45. The lowest BCUT2D eigenvalue weighted by atomic mass is 9.65. The van der Waals surface area contributed by atoms with E-state index in [9.17, 15) is 9.90 Å². The predicted molar refractivity (Wildman–Crippen MR) is 56.2 cm³/mol. The molecule has 0 heterocycles. The van der Waals surface area contributed by atoms with E-state index in [4.69, 9.17) is 10.00 Å². The standard InChI is InChI=1S/C12H11NO3/c1-16-11-4-8(2-3-10(11)15)12(7-13)5-9(14)6-12/h2-4,15H,5-6H2,1H3. The Morgan fingerprint density at radius 3 is 2.69 bits per heavy atom. The molecule has 1 aliphatic rings. The van der Waals surface area contributed by atoms with E-state index in [0.717, 1.165) is 5.56 Å². The molecule has 0 atom stereocenters. The van der Waals surface area contributed by atoms with Crippen molar-refractivity contribution in [3.63, 3.8) is 0 Å². The van der Waals surface area contributed by atoms with Gasteiger partial charge >= 0.3 is 0 Å². The highest BCUT2D eigenvalue weighted by molar-refractivity contribution is 5.90. The van der Waals surface area contributed by atoms with Crippen LogP contribution in [0.15, 0.2) is 18.2 Å². The number of phenols is 1. The maximum atomic E-state index is 11.0. The van der Waals surface area contributed by atoms with Gasteiger partial charge in [0.05, 0.1) is 18.6 Å². The van der Waals surface area contributed by atoms with E-state index in [1.165, 1.54) is 13.2 Å². The summed E-state index contributed by atoms with van der Waals surface area (Å²) in [5.41, 5.74) is 0.00201. The van der Waals surface area contributed by atoms with Crippen molar-refractivity contribution in [2.24, 2.45) is 0 Å². The number of nitriles is 1. The summed E-state index contributed by atoms with van der Waals surface area (Å²) in [4.78, 5) is 11.0. The van der Waals surface area contributed by atoms with Crippen molar-refractivity contribution in [2.45, 2.75) is 18.3 Å². The smallest absolute Gasteiger partial charge is 0.160 e. The van der Waals surface area contributed by atoms with E-state index < -0.39 is 5.41 Å². The van der Waals surface area contributed by atoms with Gasteiger partial charge < -0.3 is 9.84 Å². The second-order valence-corrected chi connectivity index (χ2v) is 3.97. The Morgan fingerprint density at radius 2 is 2.19 bits per heavy atom. The first kappa shape index (κ1) is 10.5. The maximum absolute atomic E-state index is 11.0. The van der Waals surface area contributed by atoms with Crippen LogP contribution in [0.5, 0.6) is 11.5 Å². The van der Waals surface area contributed by atoms with Crippen LogP contribution in [0.1, 0.15) is 18.4 Å². The van der Waals surface area contributed by atoms with E-state index >= 15 is 0 Å². The molecule has 2 rings (SSSR count). The predicted octanol–water partition coefficient (Wildman–Crippen LogP) is 1.53. The van der Waals surface area contributed by atoms with E-state index in [-0.39, 0.29) is 24.4 Å². The minimum absolute atomic E-state index is 0.0324. The third-order valence-corrected chi connectivity index (χ3v) is 2.94. The lowest BCUT2D eigenvalue weighted by molar-refractivity contribution is -0.126. The summed E-state index contributed by atoms with van der Waals surface area (Å²) in [7, 11) is 1.45. The number of ketones is 1. The quantitative estimate of drug-likeness (QED) is 0.815. The molecule has 0 aliphatic heterocycles. The number of methoxy groups -OCH3 is 1. The Kier molecular flexibility index (Phi) is 2.31. The SMILES string of the molecule is COc1cc(C2(C#N)CC(=O)C2)ccc1O. The molecule has 1 aromatic rings. The maximum Gasteiger partial charge on any atom is 0.160 e. The van der Waals surface area contributed by atoms with E-state index in [1.54, 1.807) is 12.1 Å². The Labute approximate surface area is 93.1 Å². The highest BCUT2D eigenvalue weighted by Crippen LogP contribution is 2.43. The van der Waals surface area contributed by atoms with E-state index in [2.05, 4.69) is 6.07 Å². The molecule has 82 valence electrons. The molecule has 0 unspecified atom stereocenters. The second kappa shape index (κ2) is 3.53. The summed E-state index contributed by atoms with van der Waals surface area (Å²) in [5, 5.41) is 18.6. The zero-order valence-corrected chi connectivity index (χ0v) is 8.86. The average Bonchev–Trinajstić information content (AvgIpc) is 2.25. The number of Topliss-reactive ketones (excluding diaryl/α,β-unsaturated/α-hetero) is 1.